The largest absolute Gasteiger partial charge is 0.447 e. The Balaban J connectivity index is 1.50. The number of carbonyl (C=O) groups is 1. The van der Waals surface area contributed by atoms with Gasteiger partial charge in [-0.15, -0.1) is 0 Å². The van der Waals surface area contributed by atoms with Gasteiger partial charge in [0.25, 0.3) is 0 Å². The van der Waals surface area contributed by atoms with Crippen LogP contribution in [0, 0.1) is 0 Å². The zero-order chi connectivity index (χ0) is 22.9. The van der Waals surface area contributed by atoms with Crippen molar-refractivity contribution in [3.8, 4) is 0 Å². The van der Waals surface area contributed by atoms with Gasteiger partial charge in [0.2, 0.25) is 0 Å². The Morgan fingerprint density at radius 2 is 1.84 bits per heavy atom. The standard InChI is InChI=1S/C21H26N6O4S/c1-14(2)31-21(28)26-10-8-16(9-11-26)27-20-18(12-24-27)19(22-13-23-20)25-15-4-6-17(7-5-15)32(3,29)30/h4-7,12-14,16H,8-11H2,1-3H3,(H,22,23,25). The van der Waals surface area contributed by atoms with Gasteiger partial charge < -0.3 is 15.0 Å². The molecule has 0 aliphatic carbocycles. The van der Waals surface area contributed by atoms with Crippen LogP contribution in [-0.4, -0.2) is 64.6 Å². The average molecular weight is 459 g/mol. The number of aromatic nitrogens is 4. The number of carbonyl (C=O) groups excluding carboxylic acids is 1. The average Bonchev–Trinajstić information content (AvgIpc) is 3.18. The van der Waals surface area contributed by atoms with E-state index < -0.39 is 9.84 Å². The number of sulfone groups is 1. The predicted octanol–water partition coefficient (Wildman–Crippen LogP) is 3.16. The number of likely N-dealkylation sites (tertiary alicyclic amines) is 1. The second kappa shape index (κ2) is 8.73. The number of ether oxygens (including phenoxy) is 1. The minimum absolute atomic E-state index is 0.118. The maximum Gasteiger partial charge on any atom is 0.410 e. The van der Waals surface area contributed by atoms with E-state index >= 15 is 0 Å². The summed E-state index contributed by atoms with van der Waals surface area (Å²) in [6, 6.07) is 6.61. The van der Waals surface area contributed by atoms with Crippen LogP contribution in [0.1, 0.15) is 32.7 Å². The van der Waals surface area contributed by atoms with E-state index in [2.05, 4.69) is 20.4 Å². The molecule has 1 N–H and O–H groups in total. The third kappa shape index (κ3) is 4.67. The van der Waals surface area contributed by atoms with Crippen molar-refractivity contribution in [2.75, 3.05) is 24.7 Å². The number of amides is 1. The topological polar surface area (TPSA) is 119 Å². The van der Waals surface area contributed by atoms with E-state index in [1.807, 2.05) is 18.5 Å². The second-order valence-corrected chi connectivity index (χ2v) is 10.1. The zero-order valence-electron chi connectivity index (χ0n) is 18.2. The second-order valence-electron chi connectivity index (χ2n) is 8.12. The van der Waals surface area contributed by atoms with Gasteiger partial charge in [-0.25, -0.2) is 27.9 Å². The molecule has 0 spiro atoms. The fourth-order valence-corrected chi connectivity index (χ4v) is 4.35. The summed E-state index contributed by atoms with van der Waals surface area (Å²) >= 11 is 0. The normalized spacial score (nSPS) is 15.3. The Morgan fingerprint density at radius 3 is 2.47 bits per heavy atom. The summed E-state index contributed by atoms with van der Waals surface area (Å²) < 4.78 is 30.5. The number of fused-ring (bicyclic) bond motifs is 1. The van der Waals surface area contributed by atoms with Gasteiger partial charge in [0.1, 0.15) is 12.1 Å². The third-order valence-corrected chi connectivity index (χ3v) is 6.47. The number of rotatable bonds is 5. The van der Waals surface area contributed by atoms with Crippen LogP contribution < -0.4 is 5.32 Å². The molecule has 3 heterocycles. The lowest BCUT2D eigenvalue weighted by Crippen LogP contribution is -2.40. The predicted molar refractivity (Wildman–Crippen MR) is 120 cm³/mol. The highest BCUT2D eigenvalue weighted by Gasteiger charge is 2.27. The van der Waals surface area contributed by atoms with Gasteiger partial charge in [0.05, 0.1) is 28.6 Å². The molecule has 1 fully saturated rings. The van der Waals surface area contributed by atoms with Gasteiger partial charge >= 0.3 is 6.09 Å². The van der Waals surface area contributed by atoms with Crippen molar-refractivity contribution in [3.63, 3.8) is 0 Å². The van der Waals surface area contributed by atoms with Crippen LogP contribution in [-0.2, 0) is 14.6 Å². The molecule has 1 aliphatic heterocycles. The molecule has 0 atom stereocenters. The molecule has 3 aromatic rings. The summed E-state index contributed by atoms with van der Waals surface area (Å²) in [4.78, 5) is 22.9. The number of hydrogen-bond donors (Lipinski definition) is 1. The molecule has 4 rings (SSSR count). The number of benzene rings is 1. The van der Waals surface area contributed by atoms with Crippen molar-refractivity contribution in [1.82, 2.24) is 24.6 Å². The quantitative estimate of drug-likeness (QED) is 0.619. The Kier molecular flexibility index (Phi) is 6.00. The van der Waals surface area contributed by atoms with E-state index in [-0.39, 0.29) is 23.1 Å². The minimum atomic E-state index is -3.25. The van der Waals surface area contributed by atoms with Crippen molar-refractivity contribution in [2.45, 2.75) is 43.7 Å². The summed E-state index contributed by atoms with van der Waals surface area (Å²) in [6.07, 6.45) is 5.47. The van der Waals surface area contributed by atoms with Crippen molar-refractivity contribution in [3.05, 3.63) is 36.8 Å². The number of nitrogens with one attached hydrogen (secondary N) is 1. The van der Waals surface area contributed by atoms with Crippen LogP contribution in [0.4, 0.5) is 16.3 Å². The lowest BCUT2D eigenvalue weighted by Gasteiger charge is -2.31. The van der Waals surface area contributed by atoms with E-state index in [1.165, 1.54) is 12.6 Å². The van der Waals surface area contributed by atoms with Crippen LogP contribution in [0.25, 0.3) is 11.0 Å². The first kappa shape index (κ1) is 22.0. The highest BCUT2D eigenvalue weighted by Crippen LogP contribution is 2.29. The Hall–Kier alpha value is -3.21. The Bertz CT molecular complexity index is 1210. The summed E-state index contributed by atoms with van der Waals surface area (Å²) in [5.41, 5.74) is 1.42. The molecule has 1 aromatic carbocycles. The molecule has 2 aromatic heterocycles. The molecule has 1 saturated heterocycles. The van der Waals surface area contributed by atoms with Gasteiger partial charge in [0, 0.05) is 25.0 Å². The van der Waals surface area contributed by atoms with Crippen LogP contribution >= 0.6 is 0 Å². The molecule has 0 radical (unpaired) electrons. The van der Waals surface area contributed by atoms with E-state index in [0.29, 0.717) is 30.2 Å². The first-order chi connectivity index (χ1) is 15.2. The smallest absolute Gasteiger partial charge is 0.410 e. The molecule has 11 heteroatoms. The molecule has 0 bridgehead atoms. The maximum absolute atomic E-state index is 12.1. The Morgan fingerprint density at radius 1 is 1.16 bits per heavy atom. The molecule has 0 unspecified atom stereocenters. The van der Waals surface area contributed by atoms with E-state index in [4.69, 9.17) is 4.74 Å². The summed E-state index contributed by atoms with van der Waals surface area (Å²) in [6.45, 7) is 4.87. The van der Waals surface area contributed by atoms with Crippen LogP contribution in [0.15, 0.2) is 41.7 Å². The van der Waals surface area contributed by atoms with Crippen LogP contribution in [0.3, 0.4) is 0 Å². The molecule has 1 amide bonds. The molecule has 10 nitrogen and oxygen atoms in total. The molecule has 32 heavy (non-hydrogen) atoms. The number of piperidine rings is 1. The van der Waals surface area contributed by atoms with Crippen molar-refractivity contribution in [1.29, 1.82) is 0 Å². The summed E-state index contributed by atoms with van der Waals surface area (Å²) in [5.74, 6) is 0.589. The highest BCUT2D eigenvalue weighted by atomic mass is 32.2. The van der Waals surface area contributed by atoms with Gasteiger partial charge in [0.15, 0.2) is 15.5 Å². The third-order valence-electron chi connectivity index (χ3n) is 5.34. The van der Waals surface area contributed by atoms with Crippen LogP contribution in [0.5, 0.6) is 0 Å². The summed E-state index contributed by atoms with van der Waals surface area (Å²) in [5, 5.41) is 8.52. The lowest BCUT2D eigenvalue weighted by molar-refractivity contribution is 0.0656. The van der Waals surface area contributed by atoms with Crippen molar-refractivity contribution >= 4 is 38.5 Å². The van der Waals surface area contributed by atoms with E-state index in [9.17, 15) is 13.2 Å². The highest BCUT2D eigenvalue weighted by molar-refractivity contribution is 7.90. The van der Waals surface area contributed by atoms with Gasteiger partial charge in [-0.3, -0.25) is 0 Å². The Labute approximate surface area is 186 Å². The van der Waals surface area contributed by atoms with Crippen LogP contribution in [0.2, 0.25) is 0 Å². The van der Waals surface area contributed by atoms with E-state index in [0.717, 1.165) is 18.2 Å². The zero-order valence-corrected chi connectivity index (χ0v) is 19.0. The molecular formula is C21H26N6O4S. The lowest BCUT2D eigenvalue weighted by atomic mass is 10.1. The monoisotopic (exact) mass is 458 g/mol. The van der Waals surface area contributed by atoms with Gasteiger partial charge in [-0.05, 0) is 51.0 Å². The van der Waals surface area contributed by atoms with Gasteiger partial charge in [-0.2, -0.15) is 5.10 Å². The molecule has 0 saturated carbocycles. The number of anilines is 2. The number of nitrogens with zero attached hydrogens (tertiary/aromatic N) is 5. The first-order valence-electron chi connectivity index (χ1n) is 10.4. The van der Waals surface area contributed by atoms with E-state index in [1.54, 1.807) is 35.4 Å². The fourth-order valence-electron chi connectivity index (χ4n) is 3.72. The number of hydrogen-bond acceptors (Lipinski definition) is 8. The van der Waals surface area contributed by atoms with Crippen molar-refractivity contribution in [2.24, 2.45) is 0 Å². The first-order valence-corrected chi connectivity index (χ1v) is 12.3. The SMILES string of the molecule is CC(C)OC(=O)N1CCC(n2ncc3c(Nc4ccc(S(C)(=O)=O)cc4)ncnc32)CC1. The molecular weight excluding hydrogens is 432 g/mol. The van der Waals surface area contributed by atoms with Crippen molar-refractivity contribution < 1.29 is 17.9 Å². The molecule has 1 aliphatic rings. The maximum atomic E-state index is 12.1. The fraction of sp³-hybridized carbons (Fsp3) is 0.429. The minimum Gasteiger partial charge on any atom is -0.447 e. The van der Waals surface area contributed by atoms with Gasteiger partial charge in [-0.1, -0.05) is 0 Å². The molecule has 170 valence electrons. The summed E-state index contributed by atoms with van der Waals surface area (Å²) in [7, 11) is -3.25.